The van der Waals surface area contributed by atoms with Crippen molar-refractivity contribution in [3.8, 4) is 16.3 Å². The van der Waals surface area contributed by atoms with Crippen LogP contribution in [0.5, 0.6) is 5.75 Å². The Morgan fingerprint density at radius 3 is 2.70 bits per heavy atom. The molecule has 3 aromatic carbocycles. The van der Waals surface area contributed by atoms with E-state index in [1.54, 1.807) is 18.3 Å². The standard InChI is InChI=1S/C33H32N4O7S2/c1-43-33(40)27-7-4-15-37(27)16-5-17-44-23-12-9-21(10-13-23)32-35-20-24(45-32)19-34-30(38)22-11-14-29-26(18-22)36-31(39)25-6-2-3-8-28(25)46(29,41)42/h2-3,6,8-14,18,20,27H,4-5,7,15-17,19H2,1H3,(H,34,38)(H,36,39)/t27-/m1/s1. The largest absolute Gasteiger partial charge is 0.494 e. The molecule has 2 aliphatic rings. The van der Waals surface area contributed by atoms with Crippen molar-refractivity contribution in [2.45, 2.75) is 41.6 Å². The summed E-state index contributed by atoms with van der Waals surface area (Å²) in [5, 5.41) is 6.26. The Bertz CT molecular complexity index is 1890. The van der Waals surface area contributed by atoms with Crippen molar-refractivity contribution < 1.29 is 32.3 Å². The van der Waals surface area contributed by atoms with Gasteiger partial charge in [0.1, 0.15) is 16.8 Å². The molecule has 238 valence electrons. The van der Waals surface area contributed by atoms with Gasteiger partial charge in [-0.25, -0.2) is 13.4 Å². The van der Waals surface area contributed by atoms with Gasteiger partial charge in [-0.1, -0.05) is 12.1 Å². The number of likely N-dealkylation sites (tertiary alicyclic amines) is 1. The Morgan fingerprint density at radius 1 is 1.09 bits per heavy atom. The van der Waals surface area contributed by atoms with Crippen LogP contribution in [-0.2, 0) is 25.9 Å². The number of nitrogens with one attached hydrogen (secondary N) is 2. The lowest BCUT2D eigenvalue weighted by Gasteiger charge is -2.22. The van der Waals surface area contributed by atoms with E-state index in [9.17, 15) is 22.8 Å². The summed E-state index contributed by atoms with van der Waals surface area (Å²) in [6, 6.07) is 17.6. The zero-order valence-electron chi connectivity index (χ0n) is 25.0. The van der Waals surface area contributed by atoms with Gasteiger partial charge >= 0.3 is 5.97 Å². The molecule has 0 unspecified atom stereocenters. The van der Waals surface area contributed by atoms with E-state index in [0.29, 0.717) is 6.61 Å². The molecule has 2 N–H and O–H groups in total. The zero-order chi connectivity index (χ0) is 32.3. The summed E-state index contributed by atoms with van der Waals surface area (Å²) in [7, 11) is -2.53. The monoisotopic (exact) mass is 660 g/mol. The minimum atomic E-state index is -3.95. The summed E-state index contributed by atoms with van der Waals surface area (Å²) < 4.78 is 37.2. The highest BCUT2D eigenvalue weighted by atomic mass is 32.2. The van der Waals surface area contributed by atoms with Crippen LogP contribution in [-0.4, -0.2) is 68.9 Å². The number of fused-ring (bicyclic) bond motifs is 2. The third kappa shape index (κ3) is 6.52. The molecule has 46 heavy (non-hydrogen) atoms. The minimum Gasteiger partial charge on any atom is -0.494 e. The highest BCUT2D eigenvalue weighted by Crippen LogP contribution is 2.34. The van der Waals surface area contributed by atoms with Crippen LogP contribution < -0.4 is 15.4 Å². The molecule has 0 aliphatic carbocycles. The number of carbonyl (C=O) groups is 3. The summed E-state index contributed by atoms with van der Waals surface area (Å²) in [6.45, 7) is 2.42. The molecular weight excluding hydrogens is 629 g/mol. The van der Waals surface area contributed by atoms with Crippen LogP contribution in [0.4, 0.5) is 5.69 Å². The molecular formula is C33H32N4O7S2. The number of anilines is 1. The Kier molecular flexibility index (Phi) is 9.15. The third-order valence-corrected chi connectivity index (χ3v) is 10.9. The molecule has 1 saturated heterocycles. The number of aromatic nitrogens is 1. The van der Waals surface area contributed by atoms with E-state index < -0.39 is 21.7 Å². The first-order chi connectivity index (χ1) is 22.2. The van der Waals surface area contributed by atoms with Crippen LogP contribution in [0.25, 0.3) is 10.6 Å². The van der Waals surface area contributed by atoms with Crippen molar-refractivity contribution in [2.24, 2.45) is 0 Å². The summed E-state index contributed by atoms with van der Waals surface area (Å²) in [6.07, 6.45) is 4.32. The Hall–Kier alpha value is -4.59. The van der Waals surface area contributed by atoms with Gasteiger partial charge in [0.2, 0.25) is 9.84 Å². The summed E-state index contributed by atoms with van der Waals surface area (Å²) in [5.74, 6) is -0.403. The first-order valence-electron chi connectivity index (χ1n) is 14.8. The highest BCUT2D eigenvalue weighted by molar-refractivity contribution is 7.91. The number of hydrogen-bond acceptors (Lipinski definition) is 10. The van der Waals surface area contributed by atoms with Gasteiger partial charge in [-0.15, -0.1) is 11.3 Å². The average molecular weight is 661 g/mol. The number of carbonyl (C=O) groups excluding carboxylic acids is 3. The molecule has 0 radical (unpaired) electrons. The number of esters is 1. The number of methoxy groups -OCH3 is 1. The number of rotatable bonds is 10. The fourth-order valence-corrected chi connectivity index (χ4v) is 8.09. The highest BCUT2D eigenvalue weighted by Gasteiger charge is 2.32. The van der Waals surface area contributed by atoms with Crippen LogP contribution >= 0.6 is 11.3 Å². The van der Waals surface area contributed by atoms with Crippen molar-refractivity contribution in [2.75, 3.05) is 32.1 Å². The van der Waals surface area contributed by atoms with Crippen molar-refractivity contribution >= 4 is 44.6 Å². The van der Waals surface area contributed by atoms with Crippen LogP contribution in [0.1, 0.15) is 44.9 Å². The van der Waals surface area contributed by atoms with E-state index in [0.717, 1.165) is 53.5 Å². The van der Waals surface area contributed by atoms with Crippen LogP contribution in [0.15, 0.2) is 82.7 Å². The van der Waals surface area contributed by atoms with Gasteiger partial charge in [0.25, 0.3) is 11.8 Å². The second-order valence-corrected chi connectivity index (χ2v) is 13.9. The fraction of sp³-hybridized carbons (Fsp3) is 0.273. The minimum absolute atomic E-state index is 0.0529. The smallest absolute Gasteiger partial charge is 0.323 e. The zero-order valence-corrected chi connectivity index (χ0v) is 26.7. The lowest BCUT2D eigenvalue weighted by molar-refractivity contribution is -0.145. The molecule has 0 spiro atoms. The third-order valence-electron chi connectivity index (χ3n) is 7.97. The van der Waals surface area contributed by atoms with Gasteiger partial charge in [-0.2, -0.15) is 0 Å². The fourth-order valence-electron chi connectivity index (χ4n) is 5.64. The first-order valence-corrected chi connectivity index (χ1v) is 17.1. The van der Waals surface area contributed by atoms with Crippen molar-refractivity contribution in [1.29, 1.82) is 0 Å². The van der Waals surface area contributed by atoms with E-state index in [2.05, 4.69) is 20.5 Å². The van der Waals surface area contributed by atoms with Crippen molar-refractivity contribution in [1.82, 2.24) is 15.2 Å². The SMILES string of the molecule is COC(=O)[C@H]1CCCN1CCCOc1ccc(-c2ncc(CNC(=O)c3ccc4c(c3)NC(=O)c3ccccc3S4(=O)=O)s2)cc1. The number of thiazole rings is 1. The molecule has 11 nitrogen and oxygen atoms in total. The number of sulfone groups is 1. The Labute approximate surface area is 270 Å². The first kappa shape index (κ1) is 31.4. The van der Waals surface area contributed by atoms with E-state index in [1.807, 2.05) is 24.3 Å². The molecule has 0 saturated carbocycles. The molecule has 1 fully saturated rings. The van der Waals surface area contributed by atoms with Gasteiger partial charge in [-0.05, 0) is 80.4 Å². The topological polar surface area (TPSA) is 144 Å². The van der Waals surface area contributed by atoms with Gasteiger partial charge in [0.15, 0.2) is 0 Å². The van der Waals surface area contributed by atoms with E-state index in [1.165, 1.54) is 48.8 Å². The maximum atomic E-state index is 13.2. The van der Waals surface area contributed by atoms with Gasteiger partial charge in [0.05, 0.1) is 41.3 Å². The Morgan fingerprint density at radius 2 is 1.89 bits per heavy atom. The maximum absolute atomic E-state index is 13.2. The number of ether oxygens (including phenoxy) is 2. The number of amides is 2. The quantitative estimate of drug-likeness (QED) is 0.185. The second-order valence-electron chi connectivity index (χ2n) is 10.9. The second kappa shape index (κ2) is 13.4. The van der Waals surface area contributed by atoms with Crippen LogP contribution in [0, 0.1) is 0 Å². The van der Waals surface area contributed by atoms with Gasteiger partial charge < -0.3 is 20.1 Å². The van der Waals surface area contributed by atoms with Crippen molar-refractivity contribution in [3.63, 3.8) is 0 Å². The molecule has 4 aromatic rings. The normalized spacial score (nSPS) is 16.9. The molecule has 0 bridgehead atoms. The Balaban J connectivity index is 1.02. The molecule has 3 heterocycles. The van der Waals surface area contributed by atoms with Crippen LogP contribution in [0.3, 0.4) is 0 Å². The predicted octanol–water partition coefficient (Wildman–Crippen LogP) is 4.54. The van der Waals surface area contributed by atoms with E-state index in [4.69, 9.17) is 9.47 Å². The molecule has 2 aliphatic heterocycles. The van der Waals surface area contributed by atoms with E-state index in [-0.39, 0.29) is 45.2 Å². The average Bonchev–Trinajstić information content (AvgIpc) is 3.74. The summed E-state index contributed by atoms with van der Waals surface area (Å²) in [4.78, 5) is 45.0. The van der Waals surface area contributed by atoms with E-state index >= 15 is 0 Å². The molecule has 1 aromatic heterocycles. The van der Waals surface area contributed by atoms with Crippen molar-refractivity contribution in [3.05, 3.63) is 88.9 Å². The molecule has 13 heteroatoms. The number of benzene rings is 3. The lowest BCUT2D eigenvalue weighted by Crippen LogP contribution is -2.37. The predicted molar refractivity (Wildman–Crippen MR) is 172 cm³/mol. The lowest BCUT2D eigenvalue weighted by atomic mass is 10.1. The number of nitrogens with zero attached hydrogens (tertiary/aromatic N) is 2. The molecule has 1 atom stereocenters. The van der Waals surface area contributed by atoms with Crippen LogP contribution in [0.2, 0.25) is 0 Å². The maximum Gasteiger partial charge on any atom is 0.323 e. The molecule has 2 amide bonds. The molecule has 6 rings (SSSR count). The summed E-state index contributed by atoms with van der Waals surface area (Å²) >= 11 is 1.44. The number of hydrogen-bond donors (Lipinski definition) is 2. The van der Waals surface area contributed by atoms with Gasteiger partial charge in [0, 0.05) is 28.7 Å². The van der Waals surface area contributed by atoms with Gasteiger partial charge in [-0.3, -0.25) is 19.3 Å². The summed E-state index contributed by atoms with van der Waals surface area (Å²) in [5.41, 5.74) is 1.23.